The molecule has 0 aromatic heterocycles. The summed E-state index contributed by atoms with van der Waals surface area (Å²) < 4.78 is 23.6. The molecule has 176 valence electrons. The van der Waals surface area contributed by atoms with Crippen molar-refractivity contribution in [3.8, 4) is 11.5 Å². The van der Waals surface area contributed by atoms with Crippen molar-refractivity contribution < 1.29 is 18.9 Å². The Bertz CT molecular complexity index is 1040. The summed E-state index contributed by atoms with van der Waals surface area (Å²) in [4.78, 5) is 9.60. The van der Waals surface area contributed by atoms with E-state index in [9.17, 15) is 0 Å². The van der Waals surface area contributed by atoms with Crippen LogP contribution in [-0.2, 0) is 22.7 Å². The first kappa shape index (κ1) is 23.5. The highest BCUT2D eigenvalue weighted by atomic mass is 16.7. The number of para-hydroxylation sites is 1. The molecule has 0 saturated carbocycles. The standard InChI is InChI=1S/C27H34N2O4/c1-6-9-22(29-15-19-10-8-13-24-23(19)18-31-26(2,3)32-24)16-28-14-20-11-7-12-21-17-30-27(4,5)33-25(20)21/h7-8,10-15,22H,6,9,16-18H2,1-5H3. The van der Waals surface area contributed by atoms with Crippen molar-refractivity contribution in [2.24, 2.45) is 9.98 Å². The van der Waals surface area contributed by atoms with Gasteiger partial charge in [-0.05, 0) is 18.6 Å². The molecule has 2 aromatic carbocycles. The Morgan fingerprint density at radius 1 is 0.909 bits per heavy atom. The molecule has 0 amide bonds. The highest BCUT2D eigenvalue weighted by molar-refractivity contribution is 5.85. The molecule has 2 heterocycles. The van der Waals surface area contributed by atoms with E-state index in [0.717, 1.165) is 46.6 Å². The highest BCUT2D eigenvalue weighted by Gasteiger charge is 2.29. The molecule has 4 rings (SSSR count). The van der Waals surface area contributed by atoms with Gasteiger partial charge in [0, 0.05) is 62.4 Å². The molecule has 1 unspecified atom stereocenters. The largest absolute Gasteiger partial charge is 0.463 e. The maximum atomic E-state index is 6.06. The molecule has 2 aliphatic rings. The number of aliphatic imine (C=N–C) groups is 2. The number of benzene rings is 2. The smallest absolute Gasteiger partial charge is 0.205 e. The van der Waals surface area contributed by atoms with Crippen LogP contribution in [0.25, 0.3) is 0 Å². The predicted molar refractivity (Wildman–Crippen MR) is 131 cm³/mol. The van der Waals surface area contributed by atoms with Gasteiger partial charge in [0.2, 0.25) is 11.6 Å². The number of rotatable bonds is 7. The molecule has 6 heteroatoms. The fourth-order valence-corrected chi connectivity index (χ4v) is 3.97. The topological polar surface area (TPSA) is 61.6 Å². The third-order valence-corrected chi connectivity index (χ3v) is 5.73. The first-order valence-corrected chi connectivity index (χ1v) is 11.7. The van der Waals surface area contributed by atoms with E-state index in [1.165, 1.54) is 0 Å². The molecule has 0 aliphatic carbocycles. The van der Waals surface area contributed by atoms with Crippen molar-refractivity contribution in [1.29, 1.82) is 0 Å². The van der Waals surface area contributed by atoms with Crippen molar-refractivity contribution in [1.82, 2.24) is 0 Å². The van der Waals surface area contributed by atoms with Crippen LogP contribution in [0.5, 0.6) is 11.5 Å². The van der Waals surface area contributed by atoms with Crippen LogP contribution in [0.2, 0.25) is 0 Å². The summed E-state index contributed by atoms with van der Waals surface area (Å²) in [6.07, 6.45) is 5.84. The van der Waals surface area contributed by atoms with Crippen LogP contribution in [0.15, 0.2) is 46.4 Å². The third kappa shape index (κ3) is 5.81. The minimum atomic E-state index is -0.635. The average molecular weight is 451 g/mol. The second-order valence-corrected chi connectivity index (χ2v) is 9.46. The van der Waals surface area contributed by atoms with E-state index in [0.29, 0.717) is 19.8 Å². The summed E-state index contributed by atoms with van der Waals surface area (Å²) >= 11 is 0. The quantitative estimate of drug-likeness (QED) is 0.509. The first-order chi connectivity index (χ1) is 15.8. The van der Waals surface area contributed by atoms with E-state index < -0.39 is 11.6 Å². The summed E-state index contributed by atoms with van der Waals surface area (Å²) in [6.45, 7) is 11.5. The SMILES string of the molecule is CCCC(CN=Cc1cccc2c1OC(C)(C)OC2)N=Cc1cccc2c1COC(C)(C)O2. The molecule has 0 bridgehead atoms. The zero-order valence-electron chi connectivity index (χ0n) is 20.3. The maximum absolute atomic E-state index is 6.06. The highest BCUT2D eigenvalue weighted by Crippen LogP contribution is 2.34. The molecule has 0 saturated heterocycles. The van der Waals surface area contributed by atoms with E-state index in [4.69, 9.17) is 28.9 Å². The first-order valence-electron chi connectivity index (χ1n) is 11.7. The van der Waals surface area contributed by atoms with Gasteiger partial charge in [-0.3, -0.25) is 9.98 Å². The van der Waals surface area contributed by atoms with E-state index in [1.54, 1.807) is 0 Å². The molecule has 2 aromatic rings. The zero-order valence-corrected chi connectivity index (χ0v) is 20.3. The molecule has 1 atom stereocenters. The van der Waals surface area contributed by atoms with Crippen LogP contribution in [0.1, 0.15) is 69.7 Å². The summed E-state index contributed by atoms with van der Waals surface area (Å²) in [5.74, 6) is 0.473. The molecule has 0 fully saturated rings. The fourth-order valence-electron chi connectivity index (χ4n) is 3.97. The molecule has 0 N–H and O–H groups in total. The van der Waals surface area contributed by atoms with Crippen molar-refractivity contribution in [3.05, 3.63) is 58.7 Å². The van der Waals surface area contributed by atoms with Gasteiger partial charge in [0.25, 0.3) is 0 Å². The maximum Gasteiger partial charge on any atom is 0.205 e. The lowest BCUT2D eigenvalue weighted by Crippen LogP contribution is -2.35. The lowest BCUT2D eigenvalue weighted by Gasteiger charge is -2.33. The van der Waals surface area contributed by atoms with E-state index >= 15 is 0 Å². The minimum absolute atomic E-state index is 0.101. The Balaban J connectivity index is 1.47. The van der Waals surface area contributed by atoms with Gasteiger partial charge in [0.15, 0.2) is 0 Å². The second-order valence-electron chi connectivity index (χ2n) is 9.46. The van der Waals surface area contributed by atoms with Crippen LogP contribution in [0.4, 0.5) is 0 Å². The monoisotopic (exact) mass is 450 g/mol. The Kier molecular flexibility index (Phi) is 6.86. The van der Waals surface area contributed by atoms with Crippen LogP contribution in [0, 0.1) is 0 Å². The van der Waals surface area contributed by atoms with Crippen molar-refractivity contribution in [2.45, 2.75) is 78.3 Å². The number of hydrogen-bond acceptors (Lipinski definition) is 6. The summed E-state index contributed by atoms with van der Waals surface area (Å²) in [6, 6.07) is 12.2. The van der Waals surface area contributed by atoms with E-state index in [2.05, 4.69) is 13.0 Å². The molecule has 0 radical (unpaired) electrons. The van der Waals surface area contributed by atoms with E-state index in [-0.39, 0.29) is 6.04 Å². The molecule has 2 aliphatic heterocycles. The average Bonchev–Trinajstić information content (AvgIpc) is 2.76. The Morgan fingerprint density at radius 2 is 1.64 bits per heavy atom. The Labute approximate surface area is 196 Å². The van der Waals surface area contributed by atoms with Gasteiger partial charge in [-0.15, -0.1) is 0 Å². The molecule has 6 nitrogen and oxygen atoms in total. The number of hydrogen-bond donors (Lipinski definition) is 0. The van der Waals surface area contributed by atoms with Crippen LogP contribution in [0.3, 0.4) is 0 Å². The fraction of sp³-hybridized carbons (Fsp3) is 0.481. The number of ether oxygens (including phenoxy) is 4. The third-order valence-electron chi connectivity index (χ3n) is 5.73. The summed E-state index contributed by atoms with van der Waals surface area (Å²) in [7, 11) is 0. The second kappa shape index (κ2) is 9.65. The number of nitrogens with zero attached hydrogens (tertiary/aromatic N) is 2. The van der Waals surface area contributed by atoms with Crippen LogP contribution in [-0.4, -0.2) is 36.6 Å². The van der Waals surface area contributed by atoms with Crippen molar-refractivity contribution in [2.75, 3.05) is 6.54 Å². The van der Waals surface area contributed by atoms with Gasteiger partial charge in [0.05, 0.1) is 25.8 Å². The summed E-state index contributed by atoms with van der Waals surface area (Å²) in [5.41, 5.74) is 4.08. The molecular formula is C27H34N2O4. The van der Waals surface area contributed by atoms with Gasteiger partial charge in [-0.25, -0.2) is 0 Å². The van der Waals surface area contributed by atoms with Crippen molar-refractivity contribution in [3.63, 3.8) is 0 Å². The molecular weight excluding hydrogens is 416 g/mol. The van der Waals surface area contributed by atoms with Gasteiger partial charge in [-0.1, -0.05) is 37.6 Å². The lowest BCUT2D eigenvalue weighted by molar-refractivity contribution is -0.180. The Morgan fingerprint density at radius 3 is 2.45 bits per heavy atom. The molecule has 0 spiro atoms. The lowest BCUT2D eigenvalue weighted by atomic mass is 10.1. The normalized spacial score (nSPS) is 19.5. The predicted octanol–water partition coefficient (Wildman–Crippen LogP) is 5.68. The molecule has 33 heavy (non-hydrogen) atoms. The van der Waals surface area contributed by atoms with Crippen LogP contribution >= 0.6 is 0 Å². The van der Waals surface area contributed by atoms with Crippen molar-refractivity contribution >= 4 is 12.4 Å². The van der Waals surface area contributed by atoms with Gasteiger partial charge < -0.3 is 18.9 Å². The van der Waals surface area contributed by atoms with Crippen LogP contribution < -0.4 is 9.47 Å². The van der Waals surface area contributed by atoms with Gasteiger partial charge in [0.1, 0.15) is 11.5 Å². The summed E-state index contributed by atoms with van der Waals surface area (Å²) in [5, 5.41) is 0. The Hall–Kier alpha value is -2.70. The van der Waals surface area contributed by atoms with Gasteiger partial charge >= 0.3 is 0 Å². The number of fused-ring (bicyclic) bond motifs is 2. The van der Waals surface area contributed by atoms with E-state index in [1.807, 2.05) is 70.5 Å². The minimum Gasteiger partial charge on any atom is -0.463 e. The van der Waals surface area contributed by atoms with Gasteiger partial charge in [-0.2, -0.15) is 0 Å². The zero-order chi connectivity index (χ0) is 23.5.